The summed E-state index contributed by atoms with van der Waals surface area (Å²) in [6.07, 6.45) is 7.43. The molecule has 3 nitrogen and oxygen atoms in total. The highest BCUT2D eigenvalue weighted by Crippen LogP contribution is 2.35. The lowest BCUT2D eigenvalue weighted by Gasteiger charge is -2.19. The van der Waals surface area contributed by atoms with E-state index in [0.717, 1.165) is 11.6 Å². The Morgan fingerprint density at radius 2 is 2.46 bits per heavy atom. The summed E-state index contributed by atoms with van der Waals surface area (Å²) >= 11 is 0. The zero-order chi connectivity index (χ0) is 9.26. The molecular weight excluding hydrogens is 164 g/mol. The van der Waals surface area contributed by atoms with Gasteiger partial charge in [0.1, 0.15) is 0 Å². The molecule has 72 valence electrons. The molecule has 0 spiro atoms. The van der Waals surface area contributed by atoms with Gasteiger partial charge in [-0.3, -0.25) is 0 Å². The van der Waals surface area contributed by atoms with E-state index in [-0.39, 0.29) is 6.61 Å². The van der Waals surface area contributed by atoms with E-state index in [1.165, 1.54) is 19.3 Å². The number of nitrogens with zero attached hydrogens (tertiary/aromatic N) is 2. The molecule has 1 aliphatic rings. The van der Waals surface area contributed by atoms with Gasteiger partial charge in [-0.05, 0) is 18.8 Å². The van der Waals surface area contributed by atoms with Gasteiger partial charge in [-0.15, -0.1) is 0 Å². The van der Waals surface area contributed by atoms with Crippen molar-refractivity contribution in [2.75, 3.05) is 0 Å². The molecule has 1 aliphatic carbocycles. The fourth-order valence-corrected chi connectivity index (χ4v) is 2.29. The van der Waals surface area contributed by atoms with Gasteiger partial charge in [-0.1, -0.05) is 13.3 Å². The van der Waals surface area contributed by atoms with Crippen LogP contribution in [0.4, 0.5) is 0 Å². The average Bonchev–Trinajstić information content (AvgIpc) is 2.71. The number of imidazole rings is 1. The van der Waals surface area contributed by atoms with Crippen molar-refractivity contribution in [3.05, 3.63) is 18.2 Å². The van der Waals surface area contributed by atoms with Crippen molar-refractivity contribution in [3.63, 3.8) is 0 Å². The Balaban J connectivity index is 2.23. The zero-order valence-corrected chi connectivity index (χ0v) is 7.98. The Kier molecular flexibility index (Phi) is 2.36. The molecule has 1 heterocycles. The van der Waals surface area contributed by atoms with Crippen molar-refractivity contribution in [2.24, 2.45) is 5.92 Å². The second-order valence-corrected chi connectivity index (χ2v) is 3.93. The van der Waals surface area contributed by atoms with Gasteiger partial charge >= 0.3 is 0 Å². The van der Waals surface area contributed by atoms with Crippen molar-refractivity contribution >= 4 is 0 Å². The lowest BCUT2D eigenvalue weighted by molar-refractivity contribution is 0.261. The molecule has 0 bridgehead atoms. The SMILES string of the molecule is CC1CCCC1n1cncc1CO. The van der Waals surface area contributed by atoms with E-state index >= 15 is 0 Å². The summed E-state index contributed by atoms with van der Waals surface area (Å²) in [5, 5.41) is 9.09. The maximum absolute atomic E-state index is 9.09. The predicted molar refractivity (Wildman–Crippen MR) is 50.2 cm³/mol. The van der Waals surface area contributed by atoms with Gasteiger partial charge in [-0.25, -0.2) is 4.98 Å². The first-order valence-corrected chi connectivity index (χ1v) is 4.94. The van der Waals surface area contributed by atoms with Gasteiger partial charge in [0.15, 0.2) is 0 Å². The van der Waals surface area contributed by atoms with E-state index < -0.39 is 0 Å². The third-order valence-corrected chi connectivity index (χ3v) is 3.08. The van der Waals surface area contributed by atoms with Gasteiger partial charge in [0.2, 0.25) is 0 Å². The summed E-state index contributed by atoms with van der Waals surface area (Å²) in [4.78, 5) is 4.07. The summed E-state index contributed by atoms with van der Waals surface area (Å²) in [6, 6.07) is 0.560. The standard InChI is InChI=1S/C10H16N2O/c1-8-3-2-4-10(8)12-7-11-5-9(12)6-13/h5,7-8,10,13H,2-4,6H2,1H3. The molecule has 2 unspecified atom stereocenters. The molecule has 13 heavy (non-hydrogen) atoms. The molecule has 0 saturated heterocycles. The van der Waals surface area contributed by atoms with Gasteiger partial charge in [0.05, 0.1) is 24.8 Å². The van der Waals surface area contributed by atoms with Crippen molar-refractivity contribution in [1.29, 1.82) is 0 Å². The number of hydrogen-bond acceptors (Lipinski definition) is 2. The summed E-state index contributed by atoms with van der Waals surface area (Å²) in [5.41, 5.74) is 0.943. The Bertz CT molecular complexity index is 282. The third kappa shape index (κ3) is 1.48. The molecular formula is C10H16N2O. The van der Waals surface area contributed by atoms with Crippen LogP contribution in [0, 0.1) is 5.92 Å². The normalized spacial score (nSPS) is 28.2. The summed E-state index contributed by atoms with van der Waals surface area (Å²) in [5.74, 6) is 0.722. The lowest BCUT2D eigenvalue weighted by atomic mass is 10.1. The van der Waals surface area contributed by atoms with Crippen LogP contribution in [0.25, 0.3) is 0 Å². The van der Waals surface area contributed by atoms with Crippen molar-refractivity contribution in [3.8, 4) is 0 Å². The molecule has 0 aliphatic heterocycles. The van der Waals surface area contributed by atoms with E-state index in [1.54, 1.807) is 6.20 Å². The van der Waals surface area contributed by atoms with Crippen molar-refractivity contribution in [1.82, 2.24) is 9.55 Å². The minimum atomic E-state index is 0.100. The Hall–Kier alpha value is -0.830. The average molecular weight is 180 g/mol. The second kappa shape index (κ2) is 3.50. The van der Waals surface area contributed by atoms with E-state index in [0.29, 0.717) is 6.04 Å². The Labute approximate surface area is 78.4 Å². The fourth-order valence-electron chi connectivity index (χ4n) is 2.29. The van der Waals surface area contributed by atoms with Gasteiger partial charge in [-0.2, -0.15) is 0 Å². The number of aromatic nitrogens is 2. The quantitative estimate of drug-likeness (QED) is 0.752. The molecule has 3 heteroatoms. The minimum Gasteiger partial charge on any atom is -0.390 e. The summed E-state index contributed by atoms with van der Waals surface area (Å²) < 4.78 is 2.14. The van der Waals surface area contributed by atoms with Crippen molar-refractivity contribution < 1.29 is 5.11 Å². The van der Waals surface area contributed by atoms with Crippen LogP contribution >= 0.6 is 0 Å². The van der Waals surface area contributed by atoms with Crippen LogP contribution in [0.5, 0.6) is 0 Å². The first kappa shape index (κ1) is 8.75. The molecule has 2 rings (SSSR count). The van der Waals surface area contributed by atoms with Crippen LogP contribution < -0.4 is 0 Å². The second-order valence-electron chi connectivity index (χ2n) is 3.93. The number of rotatable bonds is 2. The van der Waals surface area contributed by atoms with Gasteiger partial charge in [0, 0.05) is 6.04 Å². The highest BCUT2D eigenvalue weighted by molar-refractivity contribution is 5.00. The van der Waals surface area contributed by atoms with Crippen molar-refractivity contribution in [2.45, 2.75) is 38.8 Å². The molecule has 1 aromatic heterocycles. The van der Waals surface area contributed by atoms with Crippen LogP contribution in [0.1, 0.15) is 37.9 Å². The van der Waals surface area contributed by atoms with Gasteiger partial charge in [0.25, 0.3) is 0 Å². The molecule has 1 aromatic rings. The number of aliphatic hydroxyl groups excluding tert-OH is 1. The van der Waals surface area contributed by atoms with Crippen LogP contribution in [0.3, 0.4) is 0 Å². The predicted octanol–water partition coefficient (Wildman–Crippen LogP) is 1.74. The maximum Gasteiger partial charge on any atom is 0.0951 e. The molecule has 1 fully saturated rings. The van der Waals surface area contributed by atoms with E-state index in [4.69, 9.17) is 5.11 Å². The van der Waals surface area contributed by atoms with Crippen LogP contribution in [-0.2, 0) is 6.61 Å². The van der Waals surface area contributed by atoms with E-state index in [1.807, 2.05) is 6.33 Å². The molecule has 2 atom stereocenters. The largest absolute Gasteiger partial charge is 0.390 e. The highest BCUT2D eigenvalue weighted by atomic mass is 16.3. The number of hydrogen-bond donors (Lipinski definition) is 1. The lowest BCUT2D eigenvalue weighted by Crippen LogP contribution is -2.13. The smallest absolute Gasteiger partial charge is 0.0951 e. The fraction of sp³-hybridized carbons (Fsp3) is 0.700. The first-order valence-electron chi connectivity index (χ1n) is 4.94. The van der Waals surface area contributed by atoms with Crippen LogP contribution in [-0.4, -0.2) is 14.7 Å². The van der Waals surface area contributed by atoms with Crippen LogP contribution in [0.2, 0.25) is 0 Å². The first-order chi connectivity index (χ1) is 6.33. The van der Waals surface area contributed by atoms with E-state index in [9.17, 15) is 0 Å². The molecule has 0 amide bonds. The number of aliphatic hydroxyl groups is 1. The highest BCUT2D eigenvalue weighted by Gasteiger charge is 2.25. The monoisotopic (exact) mass is 180 g/mol. The van der Waals surface area contributed by atoms with Crippen LogP contribution in [0.15, 0.2) is 12.5 Å². The summed E-state index contributed by atoms with van der Waals surface area (Å²) in [7, 11) is 0. The summed E-state index contributed by atoms with van der Waals surface area (Å²) in [6.45, 7) is 2.38. The molecule has 0 aromatic carbocycles. The zero-order valence-electron chi connectivity index (χ0n) is 7.98. The Morgan fingerprint density at radius 1 is 1.62 bits per heavy atom. The van der Waals surface area contributed by atoms with Gasteiger partial charge < -0.3 is 9.67 Å². The molecule has 1 saturated carbocycles. The maximum atomic E-state index is 9.09. The van der Waals surface area contributed by atoms with E-state index in [2.05, 4.69) is 16.5 Å². The minimum absolute atomic E-state index is 0.100. The Morgan fingerprint density at radius 3 is 3.08 bits per heavy atom. The molecule has 1 N–H and O–H groups in total. The molecule has 0 radical (unpaired) electrons. The topological polar surface area (TPSA) is 38.0 Å². The third-order valence-electron chi connectivity index (χ3n) is 3.08.